The predicted octanol–water partition coefficient (Wildman–Crippen LogP) is 0.865. The highest BCUT2D eigenvalue weighted by Gasteiger charge is 2.21. The molecule has 7 heteroatoms. The third kappa shape index (κ3) is 5.04. The minimum Gasteiger partial charge on any atom is -0.342 e. The maximum Gasteiger partial charge on any atom is 0.224 e. The van der Waals surface area contributed by atoms with Crippen molar-refractivity contribution < 1.29 is 18.8 Å². The van der Waals surface area contributed by atoms with E-state index in [-0.39, 0.29) is 24.1 Å². The number of piperazine rings is 1. The van der Waals surface area contributed by atoms with Crippen molar-refractivity contribution >= 4 is 18.2 Å². The van der Waals surface area contributed by atoms with Gasteiger partial charge in [-0.1, -0.05) is 12.1 Å². The number of benzene rings is 1. The molecule has 1 saturated heterocycles. The fraction of sp³-hybridized carbons (Fsp3) is 0.471. The van der Waals surface area contributed by atoms with Crippen LogP contribution in [-0.4, -0.2) is 65.6 Å². The van der Waals surface area contributed by atoms with Gasteiger partial charge in [-0.15, -0.1) is 0 Å². The van der Waals surface area contributed by atoms with Crippen LogP contribution in [0.2, 0.25) is 0 Å². The van der Waals surface area contributed by atoms with Crippen LogP contribution < -0.4 is 0 Å². The molecule has 1 aliphatic heterocycles. The maximum absolute atomic E-state index is 12.9. The molecule has 0 bridgehead atoms. The molecule has 0 atom stereocenters. The van der Waals surface area contributed by atoms with E-state index in [1.165, 1.54) is 19.1 Å². The van der Waals surface area contributed by atoms with Crippen LogP contribution in [0.3, 0.4) is 0 Å². The zero-order valence-corrected chi connectivity index (χ0v) is 13.8. The van der Waals surface area contributed by atoms with Gasteiger partial charge in [-0.3, -0.25) is 14.4 Å². The van der Waals surface area contributed by atoms with Gasteiger partial charge in [-0.25, -0.2) is 4.39 Å². The Morgan fingerprint density at radius 2 is 1.79 bits per heavy atom. The van der Waals surface area contributed by atoms with E-state index in [0.717, 1.165) is 12.0 Å². The van der Waals surface area contributed by atoms with Crippen molar-refractivity contribution in [3.8, 4) is 0 Å². The van der Waals surface area contributed by atoms with Crippen LogP contribution >= 0.6 is 0 Å². The molecule has 0 unspecified atom stereocenters. The van der Waals surface area contributed by atoms with Gasteiger partial charge in [0.05, 0.1) is 0 Å². The molecule has 0 radical (unpaired) electrons. The van der Waals surface area contributed by atoms with Gasteiger partial charge < -0.3 is 14.7 Å². The zero-order valence-electron chi connectivity index (χ0n) is 13.8. The van der Waals surface area contributed by atoms with Crippen molar-refractivity contribution in [1.82, 2.24) is 14.7 Å². The molecule has 0 spiro atoms. The summed E-state index contributed by atoms with van der Waals surface area (Å²) in [5.74, 6) is -0.471. The first-order chi connectivity index (χ1) is 11.5. The highest BCUT2D eigenvalue weighted by atomic mass is 19.1. The standard InChI is InChI=1S/C17H22FN3O3/c1-14(23)21(12-15-2-4-16(18)5-3-15)7-6-17(24)20-10-8-19(13-22)9-11-20/h2-5,13H,6-12H2,1H3. The molecule has 6 nitrogen and oxygen atoms in total. The summed E-state index contributed by atoms with van der Waals surface area (Å²) >= 11 is 0. The fourth-order valence-corrected chi connectivity index (χ4v) is 2.62. The van der Waals surface area contributed by atoms with Crippen LogP contribution in [0.25, 0.3) is 0 Å². The Labute approximate surface area is 140 Å². The first-order valence-electron chi connectivity index (χ1n) is 7.96. The summed E-state index contributed by atoms with van der Waals surface area (Å²) < 4.78 is 12.9. The van der Waals surface area contributed by atoms with Crippen molar-refractivity contribution in [1.29, 1.82) is 0 Å². The Bertz CT molecular complexity index is 583. The number of rotatable bonds is 6. The van der Waals surface area contributed by atoms with Crippen LogP contribution in [0.15, 0.2) is 24.3 Å². The molecule has 24 heavy (non-hydrogen) atoms. The monoisotopic (exact) mass is 335 g/mol. The molecule has 0 aliphatic carbocycles. The number of nitrogens with zero attached hydrogens (tertiary/aromatic N) is 3. The van der Waals surface area contributed by atoms with E-state index in [2.05, 4.69) is 0 Å². The first kappa shape index (κ1) is 17.9. The lowest BCUT2D eigenvalue weighted by atomic mass is 10.2. The Morgan fingerprint density at radius 3 is 2.33 bits per heavy atom. The summed E-state index contributed by atoms with van der Waals surface area (Å²) in [4.78, 5) is 39.6. The van der Waals surface area contributed by atoms with Crippen molar-refractivity contribution in [2.45, 2.75) is 19.9 Å². The van der Waals surface area contributed by atoms with E-state index < -0.39 is 0 Å². The van der Waals surface area contributed by atoms with Crippen LogP contribution in [-0.2, 0) is 20.9 Å². The second-order valence-corrected chi connectivity index (χ2v) is 5.84. The van der Waals surface area contributed by atoms with Gasteiger partial charge in [0, 0.05) is 52.6 Å². The van der Waals surface area contributed by atoms with Crippen LogP contribution in [0, 0.1) is 5.82 Å². The molecule has 0 saturated carbocycles. The quantitative estimate of drug-likeness (QED) is 0.725. The van der Waals surface area contributed by atoms with Crippen molar-refractivity contribution in [2.24, 2.45) is 0 Å². The van der Waals surface area contributed by atoms with Crippen molar-refractivity contribution in [3.05, 3.63) is 35.6 Å². The third-order valence-electron chi connectivity index (χ3n) is 4.14. The minimum absolute atomic E-state index is 0.0223. The molecule has 130 valence electrons. The van der Waals surface area contributed by atoms with Gasteiger partial charge in [0.1, 0.15) is 5.82 Å². The highest BCUT2D eigenvalue weighted by Crippen LogP contribution is 2.09. The summed E-state index contributed by atoms with van der Waals surface area (Å²) in [7, 11) is 0. The van der Waals surface area contributed by atoms with Gasteiger partial charge in [0.15, 0.2) is 0 Å². The van der Waals surface area contributed by atoms with Crippen LogP contribution in [0.5, 0.6) is 0 Å². The molecule has 0 N–H and O–H groups in total. The topological polar surface area (TPSA) is 60.9 Å². The molecular formula is C17H22FN3O3. The molecule has 1 heterocycles. The Balaban J connectivity index is 1.84. The number of carbonyl (C=O) groups is 3. The highest BCUT2D eigenvalue weighted by molar-refractivity contribution is 5.78. The van der Waals surface area contributed by atoms with E-state index in [4.69, 9.17) is 0 Å². The molecule has 1 aromatic carbocycles. The Hall–Kier alpha value is -2.44. The lowest BCUT2D eigenvalue weighted by Gasteiger charge is -2.33. The fourth-order valence-electron chi connectivity index (χ4n) is 2.62. The number of hydrogen-bond acceptors (Lipinski definition) is 3. The Morgan fingerprint density at radius 1 is 1.17 bits per heavy atom. The summed E-state index contributed by atoms with van der Waals surface area (Å²) in [5, 5.41) is 0. The number of amides is 3. The first-order valence-corrected chi connectivity index (χ1v) is 7.96. The van der Waals surface area contributed by atoms with Crippen molar-refractivity contribution in [3.63, 3.8) is 0 Å². The zero-order chi connectivity index (χ0) is 17.5. The molecule has 0 aromatic heterocycles. The minimum atomic E-state index is -0.322. The van der Waals surface area contributed by atoms with Crippen LogP contribution in [0.4, 0.5) is 4.39 Å². The molecule has 1 aromatic rings. The third-order valence-corrected chi connectivity index (χ3v) is 4.14. The lowest BCUT2D eigenvalue weighted by molar-refractivity contribution is -0.136. The average molecular weight is 335 g/mol. The van der Waals surface area contributed by atoms with E-state index in [1.54, 1.807) is 26.8 Å². The molecule has 2 rings (SSSR count). The maximum atomic E-state index is 12.9. The number of carbonyl (C=O) groups excluding carboxylic acids is 3. The normalized spacial score (nSPS) is 14.4. The van der Waals surface area contributed by atoms with E-state index in [9.17, 15) is 18.8 Å². The second kappa shape index (κ2) is 8.42. The molecule has 3 amide bonds. The summed E-state index contributed by atoms with van der Waals surface area (Å²) in [5.41, 5.74) is 0.818. The second-order valence-electron chi connectivity index (χ2n) is 5.84. The largest absolute Gasteiger partial charge is 0.342 e. The van der Waals surface area contributed by atoms with Gasteiger partial charge >= 0.3 is 0 Å². The predicted molar refractivity (Wildman–Crippen MR) is 86.3 cm³/mol. The van der Waals surface area contributed by atoms with Gasteiger partial charge in [0.25, 0.3) is 0 Å². The molecule has 1 aliphatic rings. The summed E-state index contributed by atoms with van der Waals surface area (Å²) in [6.45, 7) is 4.26. The summed E-state index contributed by atoms with van der Waals surface area (Å²) in [6, 6.07) is 5.97. The Kier molecular flexibility index (Phi) is 6.28. The summed E-state index contributed by atoms with van der Waals surface area (Å²) in [6.07, 6.45) is 1.03. The SMILES string of the molecule is CC(=O)N(CCC(=O)N1CCN(C=O)CC1)Cc1ccc(F)cc1. The van der Waals surface area contributed by atoms with Gasteiger partial charge in [-0.05, 0) is 17.7 Å². The molecule has 1 fully saturated rings. The average Bonchev–Trinajstić information content (AvgIpc) is 2.59. The number of halogens is 1. The van der Waals surface area contributed by atoms with Gasteiger partial charge in [0.2, 0.25) is 18.2 Å². The lowest BCUT2D eigenvalue weighted by Crippen LogP contribution is -2.48. The molecular weight excluding hydrogens is 313 g/mol. The number of hydrogen-bond donors (Lipinski definition) is 0. The van der Waals surface area contributed by atoms with Crippen LogP contribution in [0.1, 0.15) is 18.9 Å². The van der Waals surface area contributed by atoms with E-state index >= 15 is 0 Å². The smallest absolute Gasteiger partial charge is 0.224 e. The van der Waals surface area contributed by atoms with Crippen molar-refractivity contribution in [2.75, 3.05) is 32.7 Å². The van der Waals surface area contributed by atoms with E-state index in [1.807, 2.05) is 0 Å². The van der Waals surface area contributed by atoms with E-state index in [0.29, 0.717) is 39.3 Å². The van der Waals surface area contributed by atoms with Gasteiger partial charge in [-0.2, -0.15) is 0 Å².